The topological polar surface area (TPSA) is 46.5 Å². The summed E-state index contributed by atoms with van der Waals surface area (Å²) < 4.78 is 19.3. The van der Waals surface area contributed by atoms with E-state index in [0.717, 1.165) is 11.1 Å². The van der Waals surface area contributed by atoms with Crippen LogP contribution in [0.1, 0.15) is 59.6 Å². The number of hydrogen-bond acceptors (Lipinski definition) is 3. The highest BCUT2D eigenvalue weighted by Gasteiger charge is 2.23. The molecule has 172 valence electrons. The second-order valence-corrected chi connectivity index (χ2v) is 8.89. The van der Waals surface area contributed by atoms with Crippen molar-refractivity contribution in [3.8, 4) is 17.2 Å². The molecule has 1 atom stereocenters. The van der Waals surface area contributed by atoms with Crippen LogP contribution in [0.2, 0.25) is 0 Å². The number of rotatable bonds is 7. The molecule has 0 saturated carbocycles. The molecule has 34 heavy (non-hydrogen) atoms. The molecule has 0 aliphatic rings. The molecule has 0 aromatic heterocycles. The molecule has 3 nitrogen and oxygen atoms in total. The summed E-state index contributed by atoms with van der Waals surface area (Å²) in [5.41, 5.74) is 3.61. The monoisotopic (exact) mass is 454 g/mol. The average molecular weight is 455 g/mol. The summed E-state index contributed by atoms with van der Waals surface area (Å²) in [5.74, 6) is 1.45. The molecule has 4 rings (SSSR count). The van der Waals surface area contributed by atoms with E-state index in [1.54, 1.807) is 60.7 Å². The Morgan fingerprint density at radius 3 is 1.62 bits per heavy atom. The largest absolute Gasteiger partial charge is 0.508 e. The second-order valence-electron chi connectivity index (χ2n) is 8.89. The fourth-order valence-electron chi connectivity index (χ4n) is 3.86. The van der Waals surface area contributed by atoms with Gasteiger partial charge in [-0.15, -0.1) is 0 Å². The van der Waals surface area contributed by atoms with Gasteiger partial charge >= 0.3 is 0 Å². The Balaban J connectivity index is 1.44. The van der Waals surface area contributed by atoms with Gasteiger partial charge in [-0.2, -0.15) is 0 Å². The van der Waals surface area contributed by atoms with E-state index in [1.807, 2.05) is 36.4 Å². The van der Waals surface area contributed by atoms with Gasteiger partial charge in [0.05, 0.1) is 0 Å². The van der Waals surface area contributed by atoms with E-state index in [0.29, 0.717) is 28.2 Å². The normalized spacial score (nSPS) is 12.2. The number of ether oxygens (including phenoxy) is 1. The highest BCUT2D eigenvalue weighted by Crippen LogP contribution is 2.34. The third kappa shape index (κ3) is 5.01. The summed E-state index contributed by atoms with van der Waals surface area (Å²) in [5, 5.41) is 9.56. The highest BCUT2D eigenvalue weighted by molar-refractivity contribution is 6.09. The maximum Gasteiger partial charge on any atom is 0.193 e. The number of benzene rings is 4. The zero-order valence-corrected chi connectivity index (χ0v) is 19.5. The molecule has 1 N–H and O–H groups in total. The van der Waals surface area contributed by atoms with Crippen LogP contribution in [0.15, 0.2) is 97.1 Å². The van der Waals surface area contributed by atoms with Crippen LogP contribution < -0.4 is 4.74 Å². The van der Waals surface area contributed by atoms with Crippen LogP contribution in [0.5, 0.6) is 17.2 Å². The molecule has 0 aliphatic heterocycles. The lowest BCUT2D eigenvalue weighted by Gasteiger charge is -2.26. The summed E-state index contributed by atoms with van der Waals surface area (Å²) in [6, 6.07) is 28.7. The van der Waals surface area contributed by atoms with Gasteiger partial charge in [0.15, 0.2) is 5.78 Å². The highest BCUT2D eigenvalue weighted by atomic mass is 19.1. The molecule has 0 amide bonds. The van der Waals surface area contributed by atoms with E-state index in [9.17, 15) is 14.3 Å². The minimum absolute atomic E-state index is 0.120. The maximum atomic E-state index is 13.4. The minimum Gasteiger partial charge on any atom is -0.508 e. The molecule has 1 unspecified atom stereocenters. The fourth-order valence-corrected chi connectivity index (χ4v) is 3.86. The van der Waals surface area contributed by atoms with Gasteiger partial charge in [-0.3, -0.25) is 4.79 Å². The average Bonchev–Trinajstić information content (AvgIpc) is 2.85. The van der Waals surface area contributed by atoms with Crippen LogP contribution in [0, 0.1) is 0 Å². The van der Waals surface area contributed by atoms with Crippen molar-refractivity contribution >= 4 is 5.78 Å². The van der Waals surface area contributed by atoms with E-state index >= 15 is 0 Å². The lowest BCUT2D eigenvalue weighted by molar-refractivity contribution is 0.103. The minimum atomic E-state index is -1.06. The zero-order chi connectivity index (χ0) is 24.3. The Kier molecular flexibility index (Phi) is 6.51. The number of ketones is 1. The third-order valence-corrected chi connectivity index (χ3v) is 6.15. The number of carbonyl (C=O) groups is 1. The van der Waals surface area contributed by atoms with Crippen LogP contribution in [-0.2, 0) is 5.41 Å². The van der Waals surface area contributed by atoms with E-state index < -0.39 is 6.17 Å². The van der Waals surface area contributed by atoms with Gasteiger partial charge in [-0.25, -0.2) is 4.39 Å². The van der Waals surface area contributed by atoms with E-state index in [4.69, 9.17) is 4.74 Å². The first-order chi connectivity index (χ1) is 16.2. The summed E-state index contributed by atoms with van der Waals surface area (Å²) >= 11 is 0. The standard InChI is InChI=1S/C30H27FO3/c1-20(31)21-4-6-22(7-5-21)29(33)23-8-16-27(17-9-23)34-28-18-12-25(13-19-28)30(2,3)24-10-14-26(32)15-11-24/h4-20,32H,1-3H3. The molecular formula is C30H27FO3. The number of carbonyl (C=O) groups excluding carboxylic acids is 1. The van der Waals surface area contributed by atoms with Gasteiger partial charge in [-0.1, -0.05) is 62.4 Å². The van der Waals surface area contributed by atoms with Crippen LogP contribution in [0.3, 0.4) is 0 Å². The number of hydrogen-bond donors (Lipinski definition) is 1. The second kappa shape index (κ2) is 9.52. The number of halogens is 1. The van der Waals surface area contributed by atoms with Gasteiger partial charge < -0.3 is 9.84 Å². The summed E-state index contributed by atoms with van der Waals surface area (Å²) in [4.78, 5) is 12.7. The van der Waals surface area contributed by atoms with E-state index in [2.05, 4.69) is 13.8 Å². The zero-order valence-electron chi connectivity index (χ0n) is 19.5. The summed E-state index contributed by atoms with van der Waals surface area (Å²) in [7, 11) is 0. The van der Waals surface area contributed by atoms with Crippen molar-refractivity contribution in [2.75, 3.05) is 0 Å². The molecule has 0 fully saturated rings. The molecule has 0 saturated heterocycles. The Morgan fingerprint density at radius 2 is 1.15 bits per heavy atom. The fraction of sp³-hybridized carbons (Fsp3) is 0.167. The molecule has 4 heteroatoms. The smallest absolute Gasteiger partial charge is 0.193 e. The lowest BCUT2D eigenvalue weighted by atomic mass is 9.78. The molecule has 4 aromatic carbocycles. The number of alkyl halides is 1. The first kappa shape index (κ1) is 23.2. The van der Waals surface area contributed by atoms with Crippen LogP contribution in [-0.4, -0.2) is 10.9 Å². The predicted molar refractivity (Wildman–Crippen MR) is 133 cm³/mol. The van der Waals surface area contributed by atoms with Crippen LogP contribution in [0.4, 0.5) is 4.39 Å². The molecule has 0 spiro atoms. The number of aromatic hydroxyl groups is 1. The van der Waals surface area contributed by atoms with Crippen molar-refractivity contribution in [2.24, 2.45) is 0 Å². The molecule has 0 bridgehead atoms. The molecule has 4 aromatic rings. The number of phenols is 1. The SMILES string of the molecule is CC(F)c1ccc(C(=O)c2ccc(Oc3ccc(C(C)(C)c4ccc(O)cc4)cc3)cc2)cc1. The van der Waals surface area contributed by atoms with Gasteiger partial charge in [-0.05, 0) is 72.1 Å². The molecule has 0 heterocycles. The molecular weight excluding hydrogens is 427 g/mol. The molecule has 0 radical (unpaired) electrons. The van der Waals surface area contributed by atoms with Gasteiger partial charge in [0.2, 0.25) is 0 Å². The van der Waals surface area contributed by atoms with Gasteiger partial charge in [0, 0.05) is 16.5 Å². The predicted octanol–water partition coefficient (Wildman–Crippen LogP) is 7.77. The summed E-state index contributed by atoms with van der Waals surface area (Å²) in [6.45, 7) is 5.74. The van der Waals surface area contributed by atoms with Crippen molar-refractivity contribution in [3.05, 3.63) is 125 Å². The van der Waals surface area contributed by atoms with Crippen molar-refractivity contribution < 1.29 is 19.0 Å². The van der Waals surface area contributed by atoms with E-state index in [-0.39, 0.29) is 16.9 Å². The number of phenolic OH excluding ortho intramolecular Hbond substituents is 1. The van der Waals surface area contributed by atoms with Crippen molar-refractivity contribution in [2.45, 2.75) is 32.4 Å². The Hall–Kier alpha value is -3.92. The first-order valence-electron chi connectivity index (χ1n) is 11.2. The van der Waals surface area contributed by atoms with Crippen LogP contribution >= 0.6 is 0 Å². The van der Waals surface area contributed by atoms with Crippen molar-refractivity contribution in [3.63, 3.8) is 0 Å². The van der Waals surface area contributed by atoms with Gasteiger partial charge in [0.1, 0.15) is 23.4 Å². The summed E-state index contributed by atoms with van der Waals surface area (Å²) in [6.07, 6.45) is -1.06. The quantitative estimate of drug-likeness (QED) is 0.290. The van der Waals surface area contributed by atoms with Crippen molar-refractivity contribution in [1.82, 2.24) is 0 Å². The van der Waals surface area contributed by atoms with Crippen molar-refractivity contribution in [1.29, 1.82) is 0 Å². The Bertz CT molecular complexity index is 1250. The molecule has 0 aliphatic carbocycles. The first-order valence-corrected chi connectivity index (χ1v) is 11.2. The van der Waals surface area contributed by atoms with Crippen LogP contribution in [0.25, 0.3) is 0 Å². The maximum absolute atomic E-state index is 13.4. The van der Waals surface area contributed by atoms with Gasteiger partial charge in [0.25, 0.3) is 0 Å². The Labute approximate surface area is 199 Å². The Morgan fingerprint density at radius 1 is 0.735 bits per heavy atom. The van der Waals surface area contributed by atoms with E-state index in [1.165, 1.54) is 6.92 Å². The third-order valence-electron chi connectivity index (χ3n) is 6.15. The lowest BCUT2D eigenvalue weighted by Crippen LogP contribution is -2.18.